The molecule has 2 unspecified atom stereocenters. The van der Waals surface area contributed by atoms with Crippen LogP contribution in [0.15, 0.2) is 81.8 Å². The molecule has 0 aromatic heterocycles. The molecule has 0 saturated carbocycles. The minimum Gasteiger partial charge on any atom is -0.381 e. The molecule has 0 saturated heterocycles. The Bertz CT molecular complexity index is 1180. The first-order valence-corrected chi connectivity index (χ1v) is 12.8. The number of benzene rings is 3. The summed E-state index contributed by atoms with van der Waals surface area (Å²) in [6.45, 7) is 6.66. The molecule has 4 rings (SSSR count). The first-order chi connectivity index (χ1) is 15.1. The monoisotopic (exact) mass is 572 g/mol. The first-order valence-electron chi connectivity index (χ1n) is 10.8. The van der Waals surface area contributed by atoms with E-state index in [-0.39, 0.29) is 11.3 Å². The summed E-state index contributed by atoms with van der Waals surface area (Å²) in [6.07, 6.45) is 3.41. The van der Waals surface area contributed by atoms with Crippen LogP contribution in [-0.2, 0) is 11.0 Å². The van der Waals surface area contributed by atoms with Gasteiger partial charge >= 0.3 is 0 Å². The molecule has 32 heavy (non-hydrogen) atoms. The fourth-order valence-electron chi connectivity index (χ4n) is 4.57. The molecule has 3 aromatic rings. The van der Waals surface area contributed by atoms with Crippen LogP contribution in [0.4, 0.5) is 0 Å². The van der Waals surface area contributed by atoms with Gasteiger partial charge in [-0.05, 0) is 70.7 Å². The molecule has 4 heteroatoms. The summed E-state index contributed by atoms with van der Waals surface area (Å²) in [4.78, 5) is 0. The zero-order valence-corrected chi connectivity index (χ0v) is 22.4. The van der Waals surface area contributed by atoms with Gasteiger partial charge in [-0.3, -0.25) is 0 Å². The van der Waals surface area contributed by atoms with Crippen molar-refractivity contribution in [1.29, 1.82) is 0 Å². The maximum absolute atomic E-state index is 12.0. The van der Waals surface area contributed by atoms with Crippen molar-refractivity contribution in [2.24, 2.45) is 0 Å². The van der Waals surface area contributed by atoms with Gasteiger partial charge in [-0.15, -0.1) is 0 Å². The Morgan fingerprint density at radius 1 is 0.938 bits per heavy atom. The molecule has 0 spiro atoms. The molecule has 0 amide bonds. The number of aliphatic hydroxyl groups is 1. The van der Waals surface area contributed by atoms with E-state index in [1.807, 2.05) is 48.5 Å². The Hall–Kier alpha value is -1.39. The summed E-state index contributed by atoms with van der Waals surface area (Å²) in [5, 5.41) is 12.5. The summed E-state index contributed by atoms with van der Waals surface area (Å²) in [6, 6.07) is 22.4. The fourth-order valence-corrected chi connectivity index (χ4v) is 6.11. The van der Waals surface area contributed by atoms with Crippen LogP contribution in [0.5, 0.6) is 0 Å². The fraction of sp³-hybridized carbons (Fsp3) is 0.286. The van der Waals surface area contributed by atoms with Gasteiger partial charge in [-0.2, -0.15) is 0 Å². The Morgan fingerprint density at radius 3 is 2.28 bits per heavy atom. The van der Waals surface area contributed by atoms with Crippen LogP contribution in [0.2, 0.25) is 5.02 Å². The standard InChI is InChI=1S/C28H27Br2ClO/c1-27(2,3)20-12-13-22(25(30)15-20)19-14-18(21-8-4-6-10-24(21)29)16-28(32,17-19)23-9-5-7-11-26(23)31/h4-13,15-16,19,32H,14,17H2,1-3H3. The number of rotatable bonds is 3. The van der Waals surface area contributed by atoms with Crippen LogP contribution < -0.4 is 0 Å². The van der Waals surface area contributed by atoms with E-state index in [4.69, 9.17) is 11.6 Å². The molecule has 3 aromatic carbocycles. The van der Waals surface area contributed by atoms with Gasteiger partial charge in [0.15, 0.2) is 0 Å². The van der Waals surface area contributed by atoms with Crippen molar-refractivity contribution in [2.45, 2.75) is 50.5 Å². The first kappa shape index (κ1) is 23.8. The summed E-state index contributed by atoms with van der Waals surface area (Å²) >= 11 is 14.1. The van der Waals surface area contributed by atoms with Gasteiger partial charge in [0.2, 0.25) is 0 Å². The van der Waals surface area contributed by atoms with Crippen LogP contribution in [-0.4, -0.2) is 5.11 Å². The smallest absolute Gasteiger partial charge is 0.110 e. The quantitative estimate of drug-likeness (QED) is 0.331. The van der Waals surface area contributed by atoms with E-state index in [0.29, 0.717) is 11.4 Å². The second-order valence-electron chi connectivity index (χ2n) is 9.64. The predicted octanol–water partition coefficient (Wildman–Crippen LogP) is 9.01. The highest BCUT2D eigenvalue weighted by molar-refractivity contribution is 9.10. The SMILES string of the molecule is CC(C)(C)c1ccc(C2CC(c3ccccc3Br)=CC(O)(c3ccccc3Cl)C2)c(Br)c1. The maximum atomic E-state index is 12.0. The molecule has 0 aliphatic heterocycles. The average Bonchev–Trinajstić information content (AvgIpc) is 2.73. The molecular formula is C28H27Br2ClO. The van der Waals surface area contributed by atoms with E-state index in [9.17, 15) is 5.11 Å². The summed E-state index contributed by atoms with van der Waals surface area (Å²) in [7, 11) is 0. The van der Waals surface area contributed by atoms with E-state index < -0.39 is 5.60 Å². The highest BCUT2D eigenvalue weighted by atomic mass is 79.9. The third-order valence-corrected chi connectivity index (χ3v) is 8.01. The average molecular weight is 575 g/mol. The number of halogens is 3. The van der Waals surface area contributed by atoms with Crippen molar-refractivity contribution >= 4 is 49.0 Å². The van der Waals surface area contributed by atoms with Crippen molar-refractivity contribution in [3.8, 4) is 0 Å². The van der Waals surface area contributed by atoms with E-state index >= 15 is 0 Å². The maximum Gasteiger partial charge on any atom is 0.110 e. The van der Waals surface area contributed by atoms with Gasteiger partial charge in [0.25, 0.3) is 0 Å². The lowest BCUT2D eigenvalue weighted by atomic mass is 9.72. The molecule has 166 valence electrons. The topological polar surface area (TPSA) is 20.2 Å². The van der Waals surface area contributed by atoms with Gasteiger partial charge in [0.05, 0.1) is 0 Å². The van der Waals surface area contributed by atoms with Crippen molar-refractivity contribution < 1.29 is 5.11 Å². The molecular weight excluding hydrogens is 548 g/mol. The summed E-state index contributed by atoms with van der Waals surface area (Å²) in [5.74, 6) is 0.131. The van der Waals surface area contributed by atoms with Crippen LogP contribution >= 0.6 is 43.5 Å². The van der Waals surface area contributed by atoms with Crippen molar-refractivity contribution in [2.75, 3.05) is 0 Å². The van der Waals surface area contributed by atoms with E-state index in [1.165, 1.54) is 11.1 Å². The molecule has 1 aliphatic rings. The second-order valence-corrected chi connectivity index (χ2v) is 11.8. The molecule has 0 heterocycles. The zero-order chi connectivity index (χ0) is 23.1. The lowest BCUT2D eigenvalue weighted by molar-refractivity contribution is 0.0672. The molecule has 0 fully saturated rings. The molecule has 0 bridgehead atoms. The van der Waals surface area contributed by atoms with Crippen molar-refractivity contribution in [1.82, 2.24) is 0 Å². The van der Waals surface area contributed by atoms with E-state index in [1.54, 1.807) is 0 Å². The largest absolute Gasteiger partial charge is 0.381 e. The van der Waals surface area contributed by atoms with Crippen molar-refractivity contribution in [3.05, 3.63) is 109 Å². The van der Waals surface area contributed by atoms with Crippen LogP contribution in [0.25, 0.3) is 5.57 Å². The molecule has 2 atom stereocenters. The van der Waals surface area contributed by atoms with Gasteiger partial charge in [0, 0.05) is 19.5 Å². The van der Waals surface area contributed by atoms with Crippen LogP contribution in [0, 0.1) is 0 Å². The van der Waals surface area contributed by atoms with Crippen LogP contribution in [0.1, 0.15) is 61.8 Å². The Balaban J connectivity index is 1.84. The van der Waals surface area contributed by atoms with Crippen molar-refractivity contribution in [3.63, 3.8) is 0 Å². The normalized spacial score (nSPS) is 21.3. The van der Waals surface area contributed by atoms with Crippen LogP contribution in [0.3, 0.4) is 0 Å². The number of hydrogen-bond acceptors (Lipinski definition) is 1. The molecule has 1 aliphatic carbocycles. The highest BCUT2D eigenvalue weighted by Crippen LogP contribution is 2.49. The molecule has 1 nitrogen and oxygen atoms in total. The van der Waals surface area contributed by atoms with Gasteiger partial charge < -0.3 is 5.11 Å². The molecule has 1 N–H and O–H groups in total. The Morgan fingerprint density at radius 2 is 1.62 bits per heavy atom. The van der Waals surface area contributed by atoms with Gasteiger partial charge in [-0.1, -0.05) is 113 Å². The molecule has 0 radical (unpaired) electrons. The van der Waals surface area contributed by atoms with Gasteiger partial charge in [0.1, 0.15) is 5.60 Å². The predicted molar refractivity (Wildman–Crippen MR) is 142 cm³/mol. The lowest BCUT2D eigenvalue weighted by Crippen LogP contribution is -2.30. The lowest BCUT2D eigenvalue weighted by Gasteiger charge is -2.37. The van der Waals surface area contributed by atoms with Gasteiger partial charge in [-0.25, -0.2) is 0 Å². The summed E-state index contributed by atoms with van der Waals surface area (Å²) in [5.41, 5.74) is 4.37. The third kappa shape index (κ3) is 4.77. The van der Waals surface area contributed by atoms with E-state index in [0.717, 1.165) is 32.1 Å². The zero-order valence-electron chi connectivity index (χ0n) is 18.5. The third-order valence-electron chi connectivity index (χ3n) is 6.30. The number of hydrogen-bond donors (Lipinski definition) is 1. The number of allylic oxidation sites excluding steroid dienone is 1. The second kappa shape index (κ2) is 9.10. The highest BCUT2D eigenvalue weighted by Gasteiger charge is 2.38. The summed E-state index contributed by atoms with van der Waals surface area (Å²) < 4.78 is 2.11. The minimum absolute atomic E-state index is 0.0753. The van der Waals surface area contributed by atoms with E-state index in [2.05, 4.69) is 76.9 Å². The minimum atomic E-state index is -1.16. The Labute approximate surface area is 212 Å². The Kier molecular flexibility index (Phi) is 6.76.